The zero-order valence-corrected chi connectivity index (χ0v) is 18.3. The van der Waals surface area contributed by atoms with Crippen LogP contribution in [0, 0.1) is 0 Å². The Morgan fingerprint density at radius 3 is 1.45 bits per heavy atom. The molecule has 0 fully saturated rings. The van der Waals surface area contributed by atoms with Crippen LogP contribution in [0.1, 0.15) is 49.3 Å². The zero-order valence-electron chi connectivity index (χ0n) is 18.3. The lowest BCUT2D eigenvalue weighted by atomic mass is 9.64. The molecule has 0 bridgehead atoms. The summed E-state index contributed by atoms with van der Waals surface area (Å²) in [5, 5.41) is 7.42. The van der Waals surface area contributed by atoms with E-state index in [0.717, 1.165) is 39.2 Å². The van der Waals surface area contributed by atoms with Gasteiger partial charge < -0.3 is 16.6 Å². The van der Waals surface area contributed by atoms with Crippen molar-refractivity contribution in [3.63, 3.8) is 0 Å². The van der Waals surface area contributed by atoms with Gasteiger partial charge in [0, 0.05) is 13.0 Å². The molecule has 0 aromatic heterocycles. The molecule has 3 aromatic rings. The van der Waals surface area contributed by atoms with Gasteiger partial charge in [0.1, 0.15) is 0 Å². The summed E-state index contributed by atoms with van der Waals surface area (Å²) in [5.41, 5.74) is 16.0. The van der Waals surface area contributed by atoms with Crippen LogP contribution in [-0.4, -0.2) is 23.7 Å². The first kappa shape index (κ1) is 24.3. The molecule has 0 saturated carbocycles. The summed E-state index contributed by atoms with van der Waals surface area (Å²) < 4.78 is 0. The standard InChI is InChI=1S/C25H30N2.C2H4O2/c26-20-12-4-11-19-24(27)25(21-13-5-1-6-14-21,22-15-7-2-8-16-22)23-17-9-3-10-18-23;1-2(3)4/h1-3,5-10,13-18,24H,4,11-12,19-20,26-27H2;1H3,(H,3,4). The number of aliphatic carboxylic acids is 1. The monoisotopic (exact) mass is 418 g/mol. The van der Waals surface area contributed by atoms with Crippen molar-refractivity contribution in [1.29, 1.82) is 0 Å². The average molecular weight is 419 g/mol. The Kier molecular flexibility index (Phi) is 9.95. The predicted octanol–water partition coefficient (Wildman–Crippen LogP) is 4.96. The molecule has 0 aliphatic carbocycles. The third kappa shape index (κ3) is 6.51. The van der Waals surface area contributed by atoms with Crippen molar-refractivity contribution in [1.82, 2.24) is 0 Å². The molecule has 0 amide bonds. The molecule has 164 valence electrons. The molecular formula is C27H34N2O2. The lowest BCUT2D eigenvalue weighted by Gasteiger charge is -2.41. The van der Waals surface area contributed by atoms with E-state index in [1.54, 1.807) is 0 Å². The van der Waals surface area contributed by atoms with Crippen LogP contribution in [0.25, 0.3) is 0 Å². The Morgan fingerprint density at radius 1 is 0.774 bits per heavy atom. The van der Waals surface area contributed by atoms with Crippen LogP contribution in [0.15, 0.2) is 91.0 Å². The fourth-order valence-electron chi connectivity index (χ4n) is 4.15. The molecule has 1 unspecified atom stereocenters. The Labute approximate surface area is 185 Å². The normalized spacial score (nSPS) is 11.8. The van der Waals surface area contributed by atoms with Crippen LogP contribution in [0.5, 0.6) is 0 Å². The zero-order chi connectivity index (χ0) is 22.5. The van der Waals surface area contributed by atoms with E-state index in [9.17, 15) is 0 Å². The summed E-state index contributed by atoms with van der Waals surface area (Å²) >= 11 is 0. The molecule has 0 aliphatic heterocycles. The first-order valence-corrected chi connectivity index (χ1v) is 10.8. The van der Waals surface area contributed by atoms with Crippen LogP contribution in [0.2, 0.25) is 0 Å². The molecule has 31 heavy (non-hydrogen) atoms. The van der Waals surface area contributed by atoms with Crippen LogP contribution in [-0.2, 0) is 10.2 Å². The van der Waals surface area contributed by atoms with Gasteiger partial charge in [-0.25, -0.2) is 0 Å². The SMILES string of the molecule is CC(=O)O.NCCCCCC(N)C(c1ccccc1)(c1ccccc1)c1ccccc1. The smallest absolute Gasteiger partial charge is 0.300 e. The predicted molar refractivity (Wildman–Crippen MR) is 128 cm³/mol. The molecule has 0 saturated heterocycles. The second-order valence-corrected chi connectivity index (χ2v) is 7.67. The number of carboxylic acid groups (broad SMARTS) is 1. The number of benzene rings is 3. The summed E-state index contributed by atoms with van der Waals surface area (Å²) in [5.74, 6) is -0.833. The van der Waals surface area contributed by atoms with Crippen LogP contribution >= 0.6 is 0 Å². The van der Waals surface area contributed by atoms with Crippen LogP contribution in [0.3, 0.4) is 0 Å². The fourth-order valence-corrected chi connectivity index (χ4v) is 4.15. The summed E-state index contributed by atoms with van der Waals surface area (Å²) in [4.78, 5) is 9.00. The first-order valence-electron chi connectivity index (χ1n) is 10.8. The quantitative estimate of drug-likeness (QED) is 0.338. The van der Waals surface area contributed by atoms with E-state index in [1.165, 1.54) is 16.7 Å². The highest BCUT2D eigenvalue weighted by Crippen LogP contribution is 2.42. The van der Waals surface area contributed by atoms with E-state index in [4.69, 9.17) is 21.4 Å². The van der Waals surface area contributed by atoms with E-state index in [-0.39, 0.29) is 11.5 Å². The largest absolute Gasteiger partial charge is 0.481 e. The van der Waals surface area contributed by atoms with Crippen molar-refractivity contribution in [3.8, 4) is 0 Å². The minimum atomic E-state index is -0.833. The molecule has 5 N–H and O–H groups in total. The number of hydrogen-bond acceptors (Lipinski definition) is 3. The van der Waals surface area contributed by atoms with Gasteiger partial charge in [-0.1, -0.05) is 104 Å². The third-order valence-electron chi connectivity index (χ3n) is 5.46. The van der Waals surface area contributed by atoms with Crippen molar-refractivity contribution in [2.45, 2.75) is 44.1 Å². The second kappa shape index (κ2) is 12.7. The maximum absolute atomic E-state index is 9.00. The molecule has 3 aromatic carbocycles. The number of rotatable bonds is 9. The highest BCUT2D eigenvalue weighted by atomic mass is 16.4. The van der Waals surface area contributed by atoms with Crippen molar-refractivity contribution in [2.24, 2.45) is 11.5 Å². The van der Waals surface area contributed by atoms with Gasteiger partial charge >= 0.3 is 0 Å². The molecule has 0 spiro atoms. The minimum absolute atomic E-state index is 0.0255. The molecule has 4 nitrogen and oxygen atoms in total. The summed E-state index contributed by atoms with van der Waals surface area (Å²) in [6.07, 6.45) is 4.23. The van der Waals surface area contributed by atoms with Crippen molar-refractivity contribution < 1.29 is 9.90 Å². The van der Waals surface area contributed by atoms with Crippen molar-refractivity contribution >= 4 is 5.97 Å². The highest BCUT2D eigenvalue weighted by Gasteiger charge is 2.41. The van der Waals surface area contributed by atoms with Crippen LogP contribution < -0.4 is 11.5 Å². The van der Waals surface area contributed by atoms with Crippen LogP contribution in [0.4, 0.5) is 0 Å². The third-order valence-corrected chi connectivity index (χ3v) is 5.46. The topological polar surface area (TPSA) is 89.3 Å². The number of unbranched alkanes of at least 4 members (excludes halogenated alkanes) is 2. The Morgan fingerprint density at radius 2 is 1.13 bits per heavy atom. The van der Waals surface area contributed by atoms with Gasteiger partial charge in [0.2, 0.25) is 0 Å². The van der Waals surface area contributed by atoms with Crippen molar-refractivity contribution in [3.05, 3.63) is 108 Å². The van der Waals surface area contributed by atoms with Gasteiger partial charge in [-0.2, -0.15) is 0 Å². The van der Waals surface area contributed by atoms with E-state index in [0.29, 0.717) is 0 Å². The Bertz CT molecular complexity index is 782. The van der Waals surface area contributed by atoms with Gasteiger partial charge in [-0.3, -0.25) is 4.79 Å². The minimum Gasteiger partial charge on any atom is -0.481 e. The Hall–Kier alpha value is -2.95. The number of hydrogen-bond donors (Lipinski definition) is 3. The van der Waals surface area contributed by atoms with Gasteiger partial charge in [0.15, 0.2) is 0 Å². The van der Waals surface area contributed by atoms with E-state index < -0.39 is 5.97 Å². The molecule has 0 aliphatic rings. The second-order valence-electron chi connectivity index (χ2n) is 7.67. The summed E-state index contributed by atoms with van der Waals surface area (Å²) in [6.45, 7) is 1.83. The average Bonchev–Trinajstić information content (AvgIpc) is 2.79. The summed E-state index contributed by atoms with van der Waals surface area (Å²) in [6, 6.07) is 32.1. The maximum Gasteiger partial charge on any atom is 0.300 e. The number of carboxylic acids is 1. The van der Waals surface area contributed by atoms with Gasteiger partial charge in [-0.15, -0.1) is 0 Å². The van der Waals surface area contributed by atoms with Gasteiger partial charge in [0.25, 0.3) is 5.97 Å². The molecule has 0 heterocycles. The van der Waals surface area contributed by atoms with E-state index in [2.05, 4.69) is 91.0 Å². The number of carbonyl (C=O) groups is 1. The van der Waals surface area contributed by atoms with Gasteiger partial charge in [-0.05, 0) is 36.1 Å². The lowest BCUT2D eigenvalue weighted by Crippen LogP contribution is -2.47. The fraction of sp³-hybridized carbons (Fsp3) is 0.296. The molecule has 4 heteroatoms. The molecule has 0 radical (unpaired) electrons. The molecule has 1 atom stereocenters. The summed E-state index contributed by atoms with van der Waals surface area (Å²) in [7, 11) is 0. The maximum atomic E-state index is 9.00. The Balaban J connectivity index is 0.000000785. The molecule has 3 rings (SSSR count). The van der Waals surface area contributed by atoms with E-state index >= 15 is 0 Å². The number of nitrogens with two attached hydrogens (primary N) is 2. The van der Waals surface area contributed by atoms with Gasteiger partial charge in [0.05, 0.1) is 5.41 Å². The highest BCUT2D eigenvalue weighted by molar-refractivity contribution is 5.63. The first-order chi connectivity index (χ1) is 15.0. The molecular weight excluding hydrogens is 384 g/mol. The lowest BCUT2D eigenvalue weighted by molar-refractivity contribution is -0.134. The van der Waals surface area contributed by atoms with E-state index in [1.807, 2.05) is 0 Å². The van der Waals surface area contributed by atoms with Crippen molar-refractivity contribution in [2.75, 3.05) is 6.54 Å².